The highest BCUT2D eigenvalue weighted by Gasteiger charge is 2.25. The van der Waals surface area contributed by atoms with Crippen molar-refractivity contribution < 1.29 is 35.7 Å². The van der Waals surface area contributed by atoms with Crippen molar-refractivity contribution in [2.45, 2.75) is 162 Å². The van der Waals surface area contributed by atoms with Crippen molar-refractivity contribution >= 4 is 0 Å². The monoisotopic (exact) mass is 1060 g/mol. The maximum Gasteiger partial charge on any atom is 0.121 e. The Labute approximate surface area is 472 Å². The molecule has 0 unspecified atom stereocenters. The number of benzene rings is 8. The molecule has 0 aliphatic carbocycles. The van der Waals surface area contributed by atoms with Crippen LogP contribution in [0.25, 0.3) is 0 Å². The van der Waals surface area contributed by atoms with E-state index in [9.17, 15) is 35.7 Å². The Hall–Kier alpha value is -7.64. The van der Waals surface area contributed by atoms with E-state index in [1.54, 1.807) is 0 Å². The van der Waals surface area contributed by atoms with Crippen LogP contribution < -0.4 is 0 Å². The van der Waals surface area contributed by atoms with E-state index in [1.165, 1.54) is 16.7 Å². The van der Waals surface area contributed by atoms with Gasteiger partial charge in [-0.1, -0.05) is 149 Å². The lowest BCUT2D eigenvalue weighted by molar-refractivity contribution is 0.465. The van der Waals surface area contributed by atoms with Crippen LogP contribution in [0.2, 0.25) is 0 Å². The van der Waals surface area contributed by atoms with Gasteiger partial charge in [-0.2, -0.15) is 0 Å². The lowest BCUT2D eigenvalue weighted by atomic mass is 9.79. The molecule has 0 radical (unpaired) electrons. The summed E-state index contributed by atoms with van der Waals surface area (Å²) in [4.78, 5) is 0. The summed E-state index contributed by atoms with van der Waals surface area (Å²) in [6.45, 7) is 39.9. The third kappa shape index (κ3) is 14.9. The summed E-state index contributed by atoms with van der Waals surface area (Å²) in [5.74, 6) is 2.81. The predicted molar refractivity (Wildman–Crippen MR) is 329 cm³/mol. The summed E-state index contributed by atoms with van der Waals surface area (Å²) < 4.78 is 0. The molecule has 0 aromatic heterocycles. The minimum Gasteiger partial charge on any atom is -0.507 e. The van der Waals surface area contributed by atoms with Gasteiger partial charge in [0.1, 0.15) is 40.2 Å². The summed E-state index contributed by atoms with van der Waals surface area (Å²) >= 11 is 0. The fourth-order valence-corrected chi connectivity index (χ4v) is 10.5. The van der Waals surface area contributed by atoms with Crippen molar-refractivity contribution in [2.75, 3.05) is 0 Å². The molecule has 0 spiro atoms. The zero-order valence-electron chi connectivity index (χ0n) is 50.8. The first-order valence-corrected chi connectivity index (χ1v) is 27.4. The van der Waals surface area contributed by atoms with E-state index < -0.39 is 0 Å². The first-order chi connectivity index (χ1) is 36.7. The Morgan fingerprint density at radius 1 is 0.253 bits per heavy atom. The molecule has 8 aromatic carbocycles. The standard InChI is InChI=1S/C40H42O4.C12H18O.C11H16O.C9H12O/c1-21-13-31(14-22(2)37(21)41)35(32-15-23(3)38(42)24(4)16-32)29-9-11-30(12-10-29)36(33-17-25(5)39(43)26(6)18-33)34-19-27(7)40(44)28(8)20-34;1-8-6-10(12(3,4)5)7-9(2)11(8)13;1-7(2)10-5-8(3)11(12)9(4)6-10;1-6-4-7(2)9(10)8(3)5-6/h9-20,35-36,41-44H,1-8H3;6-7,13H,1-5H3;5-7,12H,1-4H3;4-5,10H,1-3H3. The van der Waals surface area contributed by atoms with Crippen molar-refractivity contribution in [3.63, 3.8) is 0 Å². The molecule has 0 amide bonds. The number of aromatic hydroxyl groups is 7. The number of hydrogen-bond acceptors (Lipinski definition) is 7. The number of phenolic OH excluding ortho intramolecular Hbond substituents is 7. The number of aryl methyl sites for hydroxylation is 15. The second-order valence-electron chi connectivity index (χ2n) is 23.7. The number of hydrogen-bond donors (Lipinski definition) is 7. The molecule has 8 aromatic rings. The largest absolute Gasteiger partial charge is 0.507 e. The van der Waals surface area contributed by atoms with E-state index in [0.29, 0.717) is 46.2 Å². The summed E-state index contributed by atoms with van der Waals surface area (Å²) in [5.41, 5.74) is 22.8. The van der Waals surface area contributed by atoms with Crippen LogP contribution in [0.15, 0.2) is 109 Å². The van der Waals surface area contributed by atoms with Gasteiger partial charge >= 0.3 is 0 Å². The Balaban J connectivity index is 0.000000262. The molecule has 0 fully saturated rings. The van der Waals surface area contributed by atoms with Crippen LogP contribution in [0.3, 0.4) is 0 Å². The van der Waals surface area contributed by atoms with E-state index in [2.05, 4.69) is 71.0 Å². The van der Waals surface area contributed by atoms with Crippen LogP contribution in [-0.2, 0) is 5.41 Å². The third-order valence-electron chi connectivity index (χ3n) is 15.2. The minimum atomic E-state index is -0.116. The van der Waals surface area contributed by atoms with Crippen LogP contribution in [-0.4, -0.2) is 35.7 Å². The van der Waals surface area contributed by atoms with E-state index in [-0.39, 0.29) is 17.3 Å². The van der Waals surface area contributed by atoms with Gasteiger partial charge in [0.15, 0.2) is 0 Å². The van der Waals surface area contributed by atoms with Gasteiger partial charge < -0.3 is 35.7 Å². The van der Waals surface area contributed by atoms with Crippen LogP contribution in [0.1, 0.15) is 180 Å². The molecule has 7 heteroatoms. The molecule has 0 aliphatic rings. The molecule has 7 nitrogen and oxygen atoms in total. The topological polar surface area (TPSA) is 142 Å². The first kappa shape index (κ1) is 62.2. The van der Waals surface area contributed by atoms with Crippen molar-refractivity contribution in [1.82, 2.24) is 0 Å². The Bertz CT molecular complexity index is 3060. The van der Waals surface area contributed by atoms with Crippen molar-refractivity contribution in [3.8, 4) is 40.2 Å². The molecule has 0 heterocycles. The van der Waals surface area contributed by atoms with Gasteiger partial charge in [-0.15, -0.1) is 0 Å². The van der Waals surface area contributed by atoms with Crippen molar-refractivity contribution in [3.05, 3.63) is 237 Å². The molecule has 0 bridgehead atoms. The average Bonchev–Trinajstić information content (AvgIpc) is 3.38. The predicted octanol–water partition coefficient (Wildman–Crippen LogP) is 18.1. The van der Waals surface area contributed by atoms with Gasteiger partial charge in [0.2, 0.25) is 0 Å². The summed E-state index contributed by atoms with van der Waals surface area (Å²) in [6, 6.07) is 37.2. The van der Waals surface area contributed by atoms with E-state index >= 15 is 0 Å². The van der Waals surface area contributed by atoms with E-state index in [1.807, 2.05) is 177 Å². The van der Waals surface area contributed by atoms with Gasteiger partial charge in [-0.3, -0.25) is 0 Å². The maximum absolute atomic E-state index is 10.5. The quantitative estimate of drug-likeness (QED) is 0.0788. The molecular formula is C72H88O7. The average molecular weight is 1070 g/mol. The van der Waals surface area contributed by atoms with Gasteiger partial charge in [0, 0.05) is 11.8 Å². The van der Waals surface area contributed by atoms with Crippen molar-refractivity contribution in [2.24, 2.45) is 0 Å². The highest BCUT2D eigenvalue weighted by atomic mass is 16.3. The van der Waals surface area contributed by atoms with Crippen LogP contribution >= 0.6 is 0 Å². The van der Waals surface area contributed by atoms with Crippen LogP contribution in [0.5, 0.6) is 40.2 Å². The molecular weight excluding hydrogens is 977 g/mol. The first-order valence-electron chi connectivity index (χ1n) is 27.4. The van der Waals surface area contributed by atoms with Gasteiger partial charge in [-0.05, 0) is 238 Å². The molecule has 0 atom stereocenters. The SMILES string of the molecule is Cc1cc(C(C)(C)C)cc(C)c1O.Cc1cc(C(C)C)cc(C)c1O.Cc1cc(C(c2ccc(C(c3cc(C)c(O)c(C)c3)c3cc(C)c(O)c(C)c3)cc2)c2cc(C)c(O)c(C)c2)cc(C)c1O.Cc1cc(C)c(O)c(C)c1. The fraction of sp³-hybridized carbons (Fsp3) is 0.333. The molecule has 418 valence electrons. The second-order valence-corrected chi connectivity index (χ2v) is 23.7. The number of rotatable bonds is 7. The normalized spacial score (nSPS) is 11.2. The molecule has 0 saturated carbocycles. The summed E-state index contributed by atoms with van der Waals surface area (Å²) in [6.07, 6.45) is 0. The fourth-order valence-electron chi connectivity index (χ4n) is 10.5. The molecule has 0 aliphatic heterocycles. The van der Waals surface area contributed by atoms with E-state index in [0.717, 1.165) is 111 Å². The molecule has 8 rings (SSSR count). The maximum atomic E-state index is 10.5. The molecule has 7 N–H and O–H groups in total. The molecule has 79 heavy (non-hydrogen) atoms. The summed E-state index contributed by atoms with van der Waals surface area (Å²) in [7, 11) is 0. The Morgan fingerprint density at radius 3 is 0.620 bits per heavy atom. The van der Waals surface area contributed by atoms with E-state index in [4.69, 9.17) is 0 Å². The number of phenols is 7. The van der Waals surface area contributed by atoms with Gasteiger partial charge in [0.05, 0.1) is 0 Å². The van der Waals surface area contributed by atoms with Crippen LogP contribution in [0.4, 0.5) is 0 Å². The minimum absolute atomic E-state index is 0.116. The smallest absolute Gasteiger partial charge is 0.121 e. The van der Waals surface area contributed by atoms with Crippen molar-refractivity contribution in [1.29, 1.82) is 0 Å². The highest BCUT2D eigenvalue weighted by Crippen LogP contribution is 2.42. The zero-order chi connectivity index (χ0) is 59.3. The lowest BCUT2D eigenvalue weighted by Gasteiger charge is -2.25. The Kier molecular flexibility index (Phi) is 20.0. The molecule has 0 saturated heterocycles. The summed E-state index contributed by atoms with van der Waals surface area (Å²) in [5, 5.41) is 70.6. The second kappa shape index (κ2) is 25.4. The third-order valence-corrected chi connectivity index (χ3v) is 15.2. The lowest BCUT2D eigenvalue weighted by Crippen LogP contribution is -2.11. The van der Waals surface area contributed by atoms with Gasteiger partial charge in [0.25, 0.3) is 0 Å². The van der Waals surface area contributed by atoms with Gasteiger partial charge in [-0.25, -0.2) is 0 Å². The van der Waals surface area contributed by atoms with Crippen LogP contribution in [0, 0.1) is 104 Å². The highest BCUT2D eigenvalue weighted by molar-refractivity contribution is 5.57. The Morgan fingerprint density at radius 2 is 0.430 bits per heavy atom. The zero-order valence-corrected chi connectivity index (χ0v) is 50.8.